The monoisotopic (exact) mass is 275 g/mol. The fourth-order valence-corrected chi connectivity index (χ4v) is 3.74. The SMILES string of the molecule is CCCC1CCC(n2c(=S)[nH]c3cccnc32)CC1. The molecule has 1 aliphatic carbocycles. The van der Waals surface area contributed by atoms with Crippen molar-refractivity contribution in [1.82, 2.24) is 14.5 Å². The molecule has 3 rings (SSSR count). The number of hydrogen-bond acceptors (Lipinski definition) is 2. The molecular formula is C15H21N3S. The summed E-state index contributed by atoms with van der Waals surface area (Å²) >= 11 is 5.48. The Balaban J connectivity index is 1.86. The number of rotatable bonds is 3. The van der Waals surface area contributed by atoms with Crippen molar-refractivity contribution in [1.29, 1.82) is 0 Å². The minimum Gasteiger partial charge on any atom is -0.329 e. The van der Waals surface area contributed by atoms with Crippen molar-refractivity contribution < 1.29 is 0 Å². The number of imidazole rings is 1. The Morgan fingerprint density at radius 3 is 2.89 bits per heavy atom. The minimum absolute atomic E-state index is 0.532. The summed E-state index contributed by atoms with van der Waals surface area (Å²) in [5.74, 6) is 0.925. The van der Waals surface area contributed by atoms with E-state index in [2.05, 4.69) is 27.5 Å². The van der Waals surface area contributed by atoms with E-state index in [0.29, 0.717) is 6.04 Å². The van der Waals surface area contributed by atoms with Crippen LogP contribution in [0.15, 0.2) is 18.3 Å². The maximum atomic E-state index is 5.48. The average molecular weight is 275 g/mol. The van der Waals surface area contributed by atoms with Gasteiger partial charge in [-0.15, -0.1) is 0 Å². The van der Waals surface area contributed by atoms with Gasteiger partial charge in [0.15, 0.2) is 10.4 Å². The molecule has 3 nitrogen and oxygen atoms in total. The molecule has 1 N–H and O–H groups in total. The third kappa shape index (κ3) is 2.46. The van der Waals surface area contributed by atoms with Gasteiger partial charge in [-0.25, -0.2) is 4.98 Å². The first-order valence-electron chi connectivity index (χ1n) is 7.35. The second-order valence-electron chi connectivity index (χ2n) is 5.64. The lowest BCUT2D eigenvalue weighted by Crippen LogP contribution is -2.18. The van der Waals surface area contributed by atoms with Crippen LogP contribution in [0.5, 0.6) is 0 Å². The number of aromatic amines is 1. The lowest BCUT2D eigenvalue weighted by atomic mass is 9.83. The number of H-pyrrole nitrogens is 1. The molecule has 1 aliphatic rings. The Morgan fingerprint density at radius 2 is 2.16 bits per heavy atom. The van der Waals surface area contributed by atoms with Crippen molar-refractivity contribution in [3.05, 3.63) is 23.1 Å². The molecule has 0 unspecified atom stereocenters. The fraction of sp³-hybridized carbons (Fsp3) is 0.600. The number of nitrogens with one attached hydrogen (secondary N) is 1. The molecule has 0 amide bonds. The molecule has 0 atom stereocenters. The summed E-state index contributed by atoms with van der Waals surface area (Å²) in [7, 11) is 0. The van der Waals surface area contributed by atoms with E-state index in [9.17, 15) is 0 Å². The third-order valence-electron chi connectivity index (χ3n) is 4.35. The van der Waals surface area contributed by atoms with Gasteiger partial charge in [0.2, 0.25) is 0 Å². The van der Waals surface area contributed by atoms with Gasteiger partial charge >= 0.3 is 0 Å². The highest BCUT2D eigenvalue weighted by Gasteiger charge is 2.23. The molecule has 2 aromatic rings. The van der Waals surface area contributed by atoms with Crippen molar-refractivity contribution >= 4 is 23.4 Å². The lowest BCUT2D eigenvalue weighted by Gasteiger charge is -2.29. The molecule has 102 valence electrons. The van der Waals surface area contributed by atoms with Gasteiger partial charge in [-0.1, -0.05) is 19.8 Å². The van der Waals surface area contributed by atoms with Crippen LogP contribution in [0.2, 0.25) is 0 Å². The third-order valence-corrected chi connectivity index (χ3v) is 4.65. The van der Waals surface area contributed by atoms with Crippen LogP contribution in [-0.4, -0.2) is 14.5 Å². The summed E-state index contributed by atoms with van der Waals surface area (Å²) < 4.78 is 3.07. The highest BCUT2D eigenvalue weighted by atomic mass is 32.1. The predicted molar refractivity (Wildman–Crippen MR) is 80.8 cm³/mol. The summed E-state index contributed by atoms with van der Waals surface area (Å²) in [5.41, 5.74) is 2.08. The number of pyridine rings is 1. The van der Waals surface area contributed by atoms with E-state index in [1.54, 1.807) is 0 Å². The zero-order chi connectivity index (χ0) is 13.2. The maximum Gasteiger partial charge on any atom is 0.179 e. The van der Waals surface area contributed by atoms with Crippen molar-refractivity contribution in [2.24, 2.45) is 5.92 Å². The molecule has 2 aromatic heterocycles. The van der Waals surface area contributed by atoms with Crippen molar-refractivity contribution in [3.8, 4) is 0 Å². The molecule has 0 bridgehead atoms. The number of hydrogen-bond donors (Lipinski definition) is 1. The second kappa shape index (κ2) is 5.45. The van der Waals surface area contributed by atoms with E-state index >= 15 is 0 Å². The normalized spacial score (nSPS) is 23.8. The minimum atomic E-state index is 0.532. The zero-order valence-electron chi connectivity index (χ0n) is 11.4. The van der Waals surface area contributed by atoms with Gasteiger partial charge in [-0.3, -0.25) is 4.57 Å². The Hall–Kier alpha value is -1.16. The first kappa shape index (κ1) is 12.9. The fourth-order valence-electron chi connectivity index (χ4n) is 3.40. The Morgan fingerprint density at radius 1 is 1.37 bits per heavy atom. The maximum absolute atomic E-state index is 5.48. The summed E-state index contributed by atoms with van der Waals surface area (Å²) in [6.07, 6.45) is 9.68. The summed E-state index contributed by atoms with van der Waals surface area (Å²) in [4.78, 5) is 7.77. The van der Waals surface area contributed by atoms with Gasteiger partial charge in [-0.2, -0.15) is 0 Å². The Bertz CT molecular complexity index is 605. The summed E-state index contributed by atoms with van der Waals surface area (Å²) in [6, 6.07) is 4.54. The Labute approximate surface area is 119 Å². The molecule has 4 heteroatoms. The van der Waals surface area contributed by atoms with Gasteiger partial charge in [-0.05, 0) is 56.0 Å². The highest BCUT2D eigenvalue weighted by Crippen LogP contribution is 2.35. The van der Waals surface area contributed by atoms with Gasteiger partial charge in [0.25, 0.3) is 0 Å². The topological polar surface area (TPSA) is 33.6 Å². The van der Waals surface area contributed by atoms with Crippen LogP contribution < -0.4 is 0 Å². The summed E-state index contributed by atoms with van der Waals surface area (Å²) in [5, 5.41) is 0. The molecule has 1 saturated carbocycles. The van der Waals surface area contributed by atoms with Gasteiger partial charge < -0.3 is 4.98 Å². The van der Waals surface area contributed by atoms with Crippen LogP contribution in [-0.2, 0) is 0 Å². The first-order valence-corrected chi connectivity index (χ1v) is 7.75. The van der Waals surface area contributed by atoms with E-state index < -0.39 is 0 Å². The molecule has 2 heterocycles. The smallest absolute Gasteiger partial charge is 0.179 e. The van der Waals surface area contributed by atoms with Crippen LogP contribution in [0.4, 0.5) is 0 Å². The standard InChI is InChI=1S/C15H21N3S/c1-2-4-11-6-8-12(9-7-11)18-14-13(17-15(18)19)5-3-10-16-14/h3,5,10-12H,2,4,6-9H2,1H3,(H,17,19). The Kier molecular flexibility index (Phi) is 3.69. The quantitative estimate of drug-likeness (QED) is 0.829. The molecule has 0 aromatic carbocycles. The molecule has 0 spiro atoms. The van der Waals surface area contributed by atoms with Crippen LogP contribution in [0, 0.1) is 10.7 Å². The van der Waals surface area contributed by atoms with Crippen molar-refractivity contribution in [2.75, 3.05) is 0 Å². The highest BCUT2D eigenvalue weighted by molar-refractivity contribution is 7.71. The number of aromatic nitrogens is 3. The molecule has 0 aliphatic heterocycles. The average Bonchev–Trinajstić information content (AvgIpc) is 2.76. The van der Waals surface area contributed by atoms with E-state index in [1.807, 2.05) is 12.3 Å². The summed E-state index contributed by atoms with van der Waals surface area (Å²) in [6.45, 7) is 2.28. The molecule has 0 radical (unpaired) electrons. The van der Waals surface area contributed by atoms with Gasteiger partial charge in [0.1, 0.15) is 0 Å². The van der Waals surface area contributed by atoms with Gasteiger partial charge in [0, 0.05) is 12.2 Å². The van der Waals surface area contributed by atoms with Crippen molar-refractivity contribution in [2.45, 2.75) is 51.5 Å². The molecular weight excluding hydrogens is 254 g/mol. The zero-order valence-corrected chi connectivity index (χ0v) is 12.2. The van der Waals surface area contributed by atoms with Crippen LogP contribution in [0.3, 0.4) is 0 Å². The van der Waals surface area contributed by atoms with Crippen LogP contribution in [0.1, 0.15) is 51.5 Å². The van der Waals surface area contributed by atoms with Crippen LogP contribution in [0.25, 0.3) is 11.2 Å². The lowest BCUT2D eigenvalue weighted by molar-refractivity contribution is 0.264. The van der Waals surface area contributed by atoms with Crippen molar-refractivity contribution in [3.63, 3.8) is 0 Å². The second-order valence-corrected chi connectivity index (χ2v) is 6.02. The van der Waals surface area contributed by atoms with Crippen LogP contribution >= 0.6 is 12.2 Å². The largest absolute Gasteiger partial charge is 0.329 e. The van der Waals surface area contributed by atoms with E-state index in [1.165, 1.54) is 38.5 Å². The van der Waals surface area contributed by atoms with Gasteiger partial charge in [0.05, 0.1) is 5.52 Å². The van der Waals surface area contributed by atoms with E-state index in [-0.39, 0.29) is 0 Å². The van der Waals surface area contributed by atoms with E-state index in [0.717, 1.165) is 21.9 Å². The molecule has 19 heavy (non-hydrogen) atoms. The molecule has 1 fully saturated rings. The number of nitrogens with zero attached hydrogens (tertiary/aromatic N) is 2. The molecule has 0 saturated heterocycles. The first-order chi connectivity index (χ1) is 9.29. The number of fused-ring (bicyclic) bond motifs is 1. The van der Waals surface area contributed by atoms with E-state index in [4.69, 9.17) is 12.2 Å². The predicted octanol–water partition coefficient (Wildman–Crippen LogP) is 4.63.